The van der Waals surface area contributed by atoms with Crippen molar-refractivity contribution in [3.63, 3.8) is 0 Å². The number of hydrogen-bond donors (Lipinski definition) is 4. The van der Waals surface area contributed by atoms with Crippen molar-refractivity contribution < 1.29 is 14.7 Å². The highest BCUT2D eigenvalue weighted by Crippen LogP contribution is 2.46. The minimum Gasteiger partial charge on any atom is -0.481 e. The second-order valence-electron chi connectivity index (χ2n) is 8.06. The Morgan fingerprint density at radius 1 is 1.44 bits per heavy atom. The number of halogens is 1. The molecule has 11 heteroatoms. The van der Waals surface area contributed by atoms with E-state index in [1.54, 1.807) is 24.7 Å². The van der Waals surface area contributed by atoms with Gasteiger partial charge in [-0.2, -0.15) is 0 Å². The molecular weight excluding hydrogens is 496 g/mol. The topological polar surface area (TPSA) is 119 Å². The number of nitrogens with one attached hydrogen (secondary N) is 3. The van der Waals surface area contributed by atoms with Crippen molar-refractivity contribution in [2.24, 2.45) is 16.3 Å². The number of aromatic nitrogens is 1. The van der Waals surface area contributed by atoms with Crippen LogP contribution in [0.5, 0.6) is 0 Å². The number of fused-ring (bicyclic) bond motifs is 1. The Labute approximate surface area is 198 Å². The normalized spacial score (nSPS) is 27.5. The van der Waals surface area contributed by atoms with Gasteiger partial charge in [0.25, 0.3) is 0 Å². The van der Waals surface area contributed by atoms with Crippen LogP contribution in [0.4, 0.5) is 10.5 Å². The van der Waals surface area contributed by atoms with E-state index in [2.05, 4.69) is 36.9 Å². The van der Waals surface area contributed by atoms with E-state index < -0.39 is 29.1 Å². The number of allylic oxidation sites excluding steroid dienone is 1. The lowest BCUT2D eigenvalue weighted by molar-refractivity contribution is -0.155. The molecule has 4 rings (SSSR count). The van der Waals surface area contributed by atoms with Gasteiger partial charge in [0.1, 0.15) is 0 Å². The number of aliphatic carboxylic acids is 1. The van der Waals surface area contributed by atoms with Crippen LogP contribution < -0.4 is 20.9 Å². The number of rotatable bonds is 5. The lowest BCUT2D eigenvalue weighted by Crippen LogP contribution is -2.71. The summed E-state index contributed by atoms with van der Waals surface area (Å²) in [5.74, 6) is -2.85. The van der Waals surface area contributed by atoms with Crippen molar-refractivity contribution in [2.75, 3.05) is 24.5 Å². The SMILES string of the molecule is CCNC(=O)NC1(C2CNCCC2(C)C(=O)O)N=CC=CN1c1cc(Br)c2scnc2c1. The summed E-state index contributed by atoms with van der Waals surface area (Å²) in [5.41, 5.74) is 2.19. The maximum absolute atomic E-state index is 12.8. The fraction of sp³-hybridized carbons (Fsp3) is 0.429. The van der Waals surface area contributed by atoms with Gasteiger partial charge < -0.3 is 20.6 Å². The Morgan fingerprint density at radius 3 is 3.00 bits per heavy atom. The summed E-state index contributed by atoms with van der Waals surface area (Å²) in [7, 11) is 0. The number of aliphatic imine (C=N–C) groups is 1. The van der Waals surface area contributed by atoms with Crippen LogP contribution in [0.2, 0.25) is 0 Å². The third-order valence-electron chi connectivity index (χ3n) is 6.16. The number of anilines is 1. The fourth-order valence-electron chi connectivity index (χ4n) is 4.44. The molecule has 3 unspecified atom stereocenters. The van der Waals surface area contributed by atoms with E-state index in [1.807, 2.05) is 30.2 Å². The van der Waals surface area contributed by atoms with Crippen molar-refractivity contribution in [2.45, 2.75) is 26.1 Å². The number of hydrogen-bond acceptors (Lipinski definition) is 7. The Hall–Kier alpha value is -2.50. The number of urea groups is 1. The smallest absolute Gasteiger partial charge is 0.318 e. The van der Waals surface area contributed by atoms with Crippen LogP contribution in [0, 0.1) is 11.3 Å². The molecule has 4 N–H and O–H groups in total. The molecule has 0 radical (unpaired) electrons. The van der Waals surface area contributed by atoms with Crippen molar-refractivity contribution in [1.29, 1.82) is 0 Å². The van der Waals surface area contributed by atoms with Crippen LogP contribution in [0.15, 0.2) is 39.4 Å². The number of nitrogens with zero attached hydrogens (tertiary/aromatic N) is 3. The van der Waals surface area contributed by atoms with Crippen molar-refractivity contribution in [1.82, 2.24) is 20.9 Å². The van der Waals surface area contributed by atoms with Gasteiger partial charge in [-0.15, -0.1) is 11.3 Å². The molecule has 1 aromatic heterocycles. The fourth-order valence-corrected chi connectivity index (χ4v) is 5.83. The summed E-state index contributed by atoms with van der Waals surface area (Å²) in [6.07, 6.45) is 5.60. The molecule has 2 amide bonds. The molecular formula is C21H25BrN6O3S. The van der Waals surface area contributed by atoms with Gasteiger partial charge in [0, 0.05) is 35.7 Å². The molecule has 0 spiro atoms. The predicted molar refractivity (Wildman–Crippen MR) is 129 cm³/mol. The summed E-state index contributed by atoms with van der Waals surface area (Å²) in [5, 5.41) is 19.3. The van der Waals surface area contributed by atoms with Gasteiger partial charge in [0.15, 0.2) is 0 Å². The predicted octanol–water partition coefficient (Wildman–Crippen LogP) is 3.14. The number of carbonyl (C=O) groups excluding carboxylic acids is 1. The van der Waals surface area contributed by atoms with Crippen LogP contribution in [0.1, 0.15) is 20.3 Å². The summed E-state index contributed by atoms with van der Waals surface area (Å²) >= 11 is 5.15. The van der Waals surface area contributed by atoms with Gasteiger partial charge in [0.2, 0.25) is 5.79 Å². The highest BCUT2D eigenvalue weighted by Gasteiger charge is 2.57. The Bertz CT molecular complexity index is 1100. The molecule has 170 valence electrons. The summed E-state index contributed by atoms with van der Waals surface area (Å²) in [6, 6.07) is 3.44. The van der Waals surface area contributed by atoms with Gasteiger partial charge in [-0.3, -0.25) is 10.1 Å². The van der Waals surface area contributed by atoms with Crippen molar-refractivity contribution >= 4 is 61.4 Å². The van der Waals surface area contributed by atoms with Crippen molar-refractivity contribution in [3.8, 4) is 0 Å². The monoisotopic (exact) mass is 520 g/mol. The first kappa shape index (κ1) is 22.7. The molecule has 1 aromatic carbocycles. The average Bonchev–Trinajstić information content (AvgIpc) is 3.23. The average molecular weight is 521 g/mol. The molecule has 3 atom stereocenters. The first-order valence-electron chi connectivity index (χ1n) is 10.4. The Morgan fingerprint density at radius 2 is 2.25 bits per heavy atom. The summed E-state index contributed by atoms with van der Waals surface area (Å²) in [6.45, 7) is 4.93. The van der Waals surface area contributed by atoms with Crippen LogP contribution in [-0.4, -0.2) is 53.7 Å². The van der Waals surface area contributed by atoms with E-state index in [-0.39, 0.29) is 0 Å². The molecule has 1 saturated heterocycles. The molecule has 2 aromatic rings. The number of thiazole rings is 1. The molecule has 0 bridgehead atoms. The standard InChI is InChI=1S/C21H25BrN6O3S/c1-3-24-19(31)27-21(16-11-23-7-5-20(16,2)18(29)30)26-6-4-8-28(21)13-9-14(22)17-15(10-13)25-12-32-17/h4,6,8-10,12,16,23H,3,5,7,11H2,1-2H3,(H,29,30)(H2,24,27,31). The summed E-state index contributed by atoms with van der Waals surface area (Å²) < 4.78 is 1.88. The van der Waals surface area contributed by atoms with E-state index in [9.17, 15) is 14.7 Å². The quantitative estimate of drug-likeness (QED) is 0.480. The van der Waals surface area contributed by atoms with Crippen LogP contribution in [-0.2, 0) is 4.79 Å². The Balaban J connectivity index is 1.89. The zero-order valence-corrected chi connectivity index (χ0v) is 20.2. The second-order valence-corrected chi connectivity index (χ2v) is 9.77. The number of amides is 2. The largest absolute Gasteiger partial charge is 0.481 e. The third-order valence-corrected chi connectivity index (χ3v) is 7.92. The van der Waals surface area contributed by atoms with Gasteiger partial charge in [-0.05, 0) is 61.0 Å². The van der Waals surface area contributed by atoms with Crippen LogP contribution in [0.3, 0.4) is 0 Å². The second kappa shape index (κ2) is 8.80. The van der Waals surface area contributed by atoms with Gasteiger partial charge in [-0.25, -0.2) is 14.8 Å². The number of piperidine rings is 1. The lowest BCUT2D eigenvalue weighted by Gasteiger charge is -2.52. The Kier molecular flexibility index (Phi) is 6.24. The van der Waals surface area contributed by atoms with E-state index in [1.165, 1.54) is 11.3 Å². The minimum atomic E-state index is -1.36. The molecule has 0 aliphatic carbocycles. The van der Waals surface area contributed by atoms with Crippen LogP contribution >= 0.6 is 27.3 Å². The molecule has 3 heterocycles. The maximum Gasteiger partial charge on any atom is 0.318 e. The number of carboxylic acids is 1. The minimum absolute atomic E-state index is 0.372. The first-order chi connectivity index (χ1) is 15.3. The van der Waals surface area contributed by atoms with Gasteiger partial charge >= 0.3 is 12.0 Å². The molecule has 9 nitrogen and oxygen atoms in total. The van der Waals surface area contributed by atoms with E-state index in [4.69, 9.17) is 4.99 Å². The molecule has 2 aliphatic rings. The highest BCUT2D eigenvalue weighted by molar-refractivity contribution is 9.10. The van der Waals surface area contributed by atoms with Gasteiger partial charge in [0.05, 0.1) is 27.1 Å². The number of carboxylic acid groups (broad SMARTS) is 1. The first-order valence-corrected chi connectivity index (χ1v) is 12.0. The third kappa shape index (κ3) is 3.78. The zero-order chi connectivity index (χ0) is 22.9. The number of carbonyl (C=O) groups is 2. The zero-order valence-electron chi connectivity index (χ0n) is 17.8. The molecule has 1 fully saturated rings. The maximum atomic E-state index is 12.8. The highest BCUT2D eigenvalue weighted by atomic mass is 79.9. The van der Waals surface area contributed by atoms with Gasteiger partial charge in [-0.1, -0.05) is 0 Å². The number of benzene rings is 1. The van der Waals surface area contributed by atoms with E-state index >= 15 is 0 Å². The van der Waals surface area contributed by atoms with Crippen molar-refractivity contribution in [3.05, 3.63) is 34.4 Å². The molecule has 32 heavy (non-hydrogen) atoms. The van der Waals surface area contributed by atoms with Crippen LogP contribution in [0.25, 0.3) is 10.2 Å². The molecule has 0 saturated carbocycles. The van der Waals surface area contributed by atoms with E-state index in [0.717, 1.165) is 20.4 Å². The molecule has 2 aliphatic heterocycles. The summed E-state index contributed by atoms with van der Waals surface area (Å²) in [4.78, 5) is 36.3. The lowest BCUT2D eigenvalue weighted by atomic mass is 9.68. The van der Waals surface area contributed by atoms with E-state index in [0.29, 0.717) is 26.1 Å².